The van der Waals surface area contributed by atoms with Crippen LogP contribution in [0.25, 0.3) is 0 Å². The molecule has 2 rings (SSSR count). The summed E-state index contributed by atoms with van der Waals surface area (Å²) in [6, 6.07) is 8.16. The van der Waals surface area contributed by atoms with Gasteiger partial charge in [0.1, 0.15) is 11.6 Å². The van der Waals surface area contributed by atoms with Gasteiger partial charge in [0.2, 0.25) is 5.91 Å². The van der Waals surface area contributed by atoms with Crippen molar-refractivity contribution < 1.29 is 13.6 Å². The van der Waals surface area contributed by atoms with Gasteiger partial charge in [-0.1, -0.05) is 17.7 Å². The molecule has 0 aliphatic heterocycles. The predicted octanol–water partition coefficient (Wildman–Crippen LogP) is 3.98. The van der Waals surface area contributed by atoms with E-state index < -0.39 is 11.6 Å². The third kappa shape index (κ3) is 4.16. The Bertz CT molecular complexity index is 656. The number of amides is 1. The second-order valence-corrected chi connectivity index (χ2v) is 4.88. The number of hydrogen-bond donors (Lipinski definition) is 2. The summed E-state index contributed by atoms with van der Waals surface area (Å²) in [4.78, 5) is 11.8. The number of nitrogens with one attached hydrogen (secondary N) is 2. The summed E-state index contributed by atoms with van der Waals surface area (Å²) in [7, 11) is 0. The molecular formula is C15H13ClF2N2O. The second kappa shape index (κ2) is 6.54. The van der Waals surface area contributed by atoms with Crippen molar-refractivity contribution in [3.05, 3.63) is 58.6 Å². The van der Waals surface area contributed by atoms with Gasteiger partial charge in [0, 0.05) is 22.5 Å². The average Bonchev–Trinajstić information content (AvgIpc) is 2.41. The molecule has 2 aromatic carbocycles. The first-order chi connectivity index (χ1) is 9.95. The molecule has 0 unspecified atom stereocenters. The van der Waals surface area contributed by atoms with Crippen molar-refractivity contribution in [3.8, 4) is 0 Å². The SMILES string of the molecule is Cc1c(Cl)cccc1NC(=O)CNc1cc(F)cc(F)c1. The molecule has 0 aliphatic rings. The van der Waals surface area contributed by atoms with Crippen LogP contribution in [0.3, 0.4) is 0 Å². The molecule has 2 N–H and O–H groups in total. The molecule has 0 aliphatic carbocycles. The Labute approximate surface area is 125 Å². The highest BCUT2D eigenvalue weighted by atomic mass is 35.5. The van der Waals surface area contributed by atoms with Crippen LogP contribution in [0.5, 0.6) is 0 Å². The maximum Gasteiger partial charge on any atom is 0.243 e. The van der Waals surface area contributed by atoms with Crippen molar-refractivity contribution in [2.24, 2.45) is 0 Å². The first kappa shape index (κ1) is 15.3. The van der Waals surface area contributed by atoms with E-state index in [0.29, 0.717) is 10.7 Å². The van der Waals surface area contributed by atoms with Crippen LogP contribution in [0.2, 0.25) is 5.02 Å². The van der Waals surface area contributed by atoms with E-state index in [2.05, 4.69) is 10.6 Å². The van der Waals surface area contributed by atoms with Crippen LogP contribution in [-0.2, 0) is 4.79 Å². The zero-order valence-corrected chi connectivity index (χ0v) is 12.0. The minimum absolute atomic E-state index is 0.116. The lowest BCUT2D eigenvalue weighted by Gasteiger charge is -2.11. The number of rotatable bonds is 4. The fourth-order valence-corrected chi connectivity index (χ4v) is 1.95. The molecule has 0 atom stereocenters. The summed E-state index contributed by atoms with van der Waals surface area (Å²) in [6.45, 7) is 1.67. The Morgan fingerprint density at radius 2 is 1.86 bits per heavy atom. The Hall–Kier alpha value is -2.14. The number of benzene rings is 2. The number of halogens is 3. The van der Waals surface area contributed by atoms with E-state index in [0.717, 1.165) is 23.8 Å². The highest BCUT2D eigenvalue weighted by Gasteiger charge is 2.07. The normalized spacial score (nSPS) is 10.3. The van der Waals surface area contributed by atoms with Gasteiger partial charge < -0.3 is 10.6 Å². The van der Waals surface area contributed by atoms with Gasteiger partial charge in [0.15, 0.2) is 0 Å². The number of anilines is 2. The largest absolute Gasteiger partial charge is 0.376 e. The van der Waals surface area contributed by atoms with Crippen LogP contribution in [0.1, 0.15) is 5.56 Å². The zero-order chi connectivity index (χ0) is 15.4. The molecule has 0 bridgehead atoms. The molecule has 0 fully saturated rings. The Balaban J connectivity index is 1.97. The molecule has 0 radical (unpaired) electrons. The summed E-state index contributed by atoms with van der Waals surface area (Å²) in [6.07, 6.45) is 0. The third-order valence-corrected chi connectivity index (χ3v) is 3.27. The molecule has 3 nitrogen and oxygen atoms in total. The lowest BCUT2D eigenvalue weighted by atomic mass is 10.2. The number of hydrogen-bond acceptors (Lipinski definition) is 2. The lowest BCUT2D eigenvalue weighted by molar-refractivity contribution is -0.114. The van der Waals surface area contributed by atoms with Gasteiger partial charge in [-0.25, -0.2) is 8.78 Å². The van der Waals surface area contributed by atoms with Gasteiger partial charge in [-0.3, -0.25) is 4.79 Å². The maximum atomic E-state index is 13.0. The van der Waals surface area contributed by atoms with Crippen molar-refractivity contribution in [1.29, 1.82) is 0 Å². The Morgan fingerprint density at radius 1 is 1.19 bits per heavy atom. The van der Waals surface area contributed by atoms with Gasteiger partial charge >= 0.3 is 0 Å². The first-order valence-corrected chi connectivity index (χ1v) is 6.58. The quantitative estimate of drug-likeness (QED) is 0.897. The third-order valence-electron chi connectivity index (χ3n) is 2.86. The zero-order valence-electron chi connectivity index (χ0n) is 11.2. The topological polar surface area (TPSA) is 41.1 Å². The summed E-state index contributed by atoms with van der Waals surface area (Å²) in [5, 5.41) is 5.88. The summed E-state index contributed by atoms with van der Waals surface area (Å²) >= 11 is 5.95. The summed E-state index contributed by atoms with van der Waals surface area (Å²) in [5.41, 5.74) is 1.55. The second-order valence-electron chi connectivity index (χ2n) is 4.47. The van der Waals surface area contributed by atoms with Crippen molar-refractivity contribution >= 4 is 28.9 Å². The molecule has 1 amide bonds. The molecule has 0 saturated carbocycles. The standard InChI is InChI=1S/C15H13ClF2N2O/c1-9-13(16)3-2-4-14(9)20-15(21)8-19-12-6-10(17)5-11(18)7-12/h2-7,19H,8H2,1H3,(H,20,21). The van der Waals surface area contributed by atoms with Crippen LogP contribution < -0.4 is 10.6 Å². The smallest absolute Gasteiger partial charge is 0.243 e. The van der Waals surface area contributed by atoms with Gasteiger partial charge in [-0.05, 0) is 36.8 Å². The minimum Gasteiger partial charge on any atom is -0.376 e. The van der Waals surface area contributed by atoms with Crippen LogP contribution in [0, 0.1) is 18.6 Å². The first-order valence-electron chi connectivity index (χ1n) is 6.20. The predicted molar refractivity (Wildman–Crippen MR) is 79.7 cm³/mol. The van der Waals surface area contributed by atoms with Gasteiger partial charge in [0.25, 0.3) is 0 Å². The van der Waals surface area contributed by atoms with Crippen LogP contribution in [0.4, 0.5) is 20.2 Å². The van der Waals surface area contributed by atoms with E-state index in [-0.39, 0.29) is 18.1 Å². The molecule has 6 heteroatoms. The minimum atomic E-state index is -0.705. The highest BCUT2D eigenvalue weighted by molar-refractivity contribution is 6.31. The molecule has 0 saturated heterocycles. The van der Waals surface area contributed by atoms with Crippen molar-refractivity contribution in [2.75, 3.05) is 17.2 Å². The van der Waals surface area contributed by atoms with E-state index in [4.69, 9.17) is 11.6 Å². The van der Waals surface area contributed by atoms with E-state index in [9.17, 15) is 13.6 Å². The summed E-state index contributed by atoms with van der Waals surface area (Å²) < 4.78 is 26.0. The molecule has 0 heterocycles. The van der Waals surface area contributed by atoms with Crippen LogP contribution >= 0.6 is 11.6 Å². The average molecular weight is 311 g/mol. The lowest BCUT2D eigenvalue weighted by Crippen LogP contribution is -2.22. The van der Waals surface area contributed by atoms with Crippen molar-refractivity contribution in [3.63, 3.8) is 0 Å². The van der Waals surface area contributed by atoms with Crippen molar-refractivity contribution in [2.45, 2.75) is 6.92 Å². The van der Waals surface area contributed by atoms with Gasteiger partial charge in [-0.2, -0.15) is 0 Å². The molecule has 2 aromatic rings. The fourth-order valence-electron chi connectivity index (χ4n) is 1.78. The maximum absolute atomic E-state index is 13.0. The van der Waals surface area contributed by atoms with Crippen LogP contribution in [-0.4, -0.2) is 12.5 Å². The van der Waals surface area contributed by atoms with Crippen molar-refractivity contribution in [1.82, 2.24) is 0 Å². The molecule has 110 valence electrons. The van der Waals surface area contributed by atoms with E-state index in [1.165, 1.54) is 0 Å². The van der Waals surface area contributed by atoms with Gasteiger partial charge in [0.05, 0.1) is 6.54 Å². The van der Waals surface area contributed by atoms with E-state index in [1.54, 1.807) is 25.1 Å². The van der Waals surface area contributed by atoms with E-state index in [1.807, 2.05) is 0 Å². The molecule has 0 aromatic heterocycles. The fraction of sp³-hybridized carbons (Fsp3) is 0.133. The highest BCUT2D eigenvalue weighted by Crippen LogP contribution is 2.22. The molecule has 0 spiro atoms. The Morgan fingerprint density at radius 3 is 2.52 bits per heavy atom. The van der Waals surface area contributed by atoms with Gasteiger partial charge in [-0.15, -0.1) is 0 Å². The van der Waals surface area contributed by atoms with E-state index >= 15 is 0 Å². The Kier molecular flexibility index (Phi) is 4.75. The summed E-state index contributed by atoms with van der Waals surface area (Å²) in [5.74, 6) is -1.75. The number of carbonyl (C=O) groups is 1. The van der Waals surface area contributed by atoms with Crippen LogP contribution in [0.15, 0.2) is 36.4 Å². The number of carbonyl (C=O) groups excluding carboxylic acids is 1. The monoisotopic (exact) mass is 310 g/mol. The molecule has 21 heavy (non-hydrogen) atoms. The molecular weight excluding hydrogens is 298 g/mol.